The highest BCUT2D eigenvalue weighted by molar-refractivity contribution is 6.31. The Bertz CT molecular complexity index is 590. The van der Waals surface area contributed by atoms with Crippen LogP contribution in [0.3, 0.4) is 0 Å². The number of piperidine rings is 1. The predicted octanol–water partition coefficient (Wildman–Crippen LogP) is 3.48. The van der Waals surface area contributed by atoms with E-state index in [0.717, 1.165) is 25.9 Å². The quantitative estimate of drug-likeness (QED) is 0.699. The number of nitrogens with one attached hydrogen (secondary N) is 3. The first-order valence-corrected chi connectivity index (χ1v) is 8.97. The molecule has 7 heteroatoms. The van der Waals surface area contributed by atoms with Crippen molar-refractivity contribution in [3.63, 3.8) is 0 Å². The molecule has 1 aromatic carbocycles. The SMILES string of the molecule is CCNC(=O)c1cc(Cl)ccc1NC(=O)CC(C)C1CCNCC1.Cl. The Labute approximate surface area is 160 Å². The summed E-state index contributed by atoms with van der Waals surface area (Å²) in [5.74, 6) is 0.605. The van der Waals surface area contributed by atoms with Crippen molar-refractivity contribution in [2.24, 2.45) is 11.8 Å². The van der Waals surface area contributed by atoms with Crippen molar-refractivity contribution in [1.82, 2.24) is 10.6 Å². The number of amides is 2. The van der Waals surface area contributed by atoms with Crippen molar-refractivity contribution in [1.29, 1.82) is 0 Å². The van der Waals surface area contributed by atoms with Gasteiger partial charge in [-0.25, -0.2) is 0 Å². The summed E-state index contributed by atoms with van der Waals surface area (Å²) in [6, 6.07) is 4.94. The highest BCUT2D eigenvalue weighted by atomic mass is 35.5. The molecule has 0 aliphatic carbocycles. The van der Waals surface area contributed by atoms with Gasteiger partial charge >= 0.3 is 0 Å². The first kappa shape index (κ1) is 21.7. The lowest BCUT2D eigenvalue weighted by atomic mass is 9.84. The Morgan fingerprint density at radius 2 is 2.00 bits per heavy atom. The molecule has 0 radical (unpaired) electrons. The van der Waals surface area contributed by atoms with Crippen LogP contribution in [0.25, 0.3) is 0 Å². The summed E-state index contributed by atoms with van der Waals surface area (Å²) in [6.45, 7) is 6.54. The third kappa shape index (κ3) is 6.49. The first-order chi connectivity index (χ1) is 11.5. The van der Waals surface area contributed by atoms with Crippen molar-refractivity contribution in [3.05, 3.63) is 28.8 Å². The zero-order valence-electron chi connectivity index (χ0n) is 14.7. The minimum Gasteiger partial charge on any atom is -0.352 e. The van der Waals surface area contributed by atoms with Crippen LogP contribution in [0.1, 0.15) is 43.5 Å². The zero-order chi connectivity index (χ0) is 17.5. The van der Waals surface area contributed by atoms with E-state index >= 15 is 0 Å². The molecule has 2 amide bonds. The highest BCUT2D eigenvalue weighted by Crippen LogP contribution is 2.26. The molecule has 0 spiro atoms. The van der Waals surface area contributed by atoms with Crippen LogP contribution >= 0.6 is 24.0 Å². The lowest BCUT2D eigenvalue weighted by molar-refractivity contribution is -0.117. The van der Waals surface area contributed by atoms with Gasteiger partial charge in [-0.15, -0.1) is 12.4 Å². The maximum atomic E-state index is 12.4. The summed E-state index contributed by atoms with van der Waals surface area (Å²) in [5.41, 5.74) is 0.903. The molecule has 0 saturated carbocycles. The van der Waals surface area contributed by atoms with Crippen LogP contribution in [0.5, 0.6) is 0 Å². The fraction of sp³-hybridized carbons (Fsp3) is 0.556. The second-order valence-corrected chi connectivity index (χ2v) is 6.80. The first-order valence-electron chi connectivity index (χ1n) is 8.59. The molecule has 1 saturated heterocycles. The minimum absolute atomic E-state index is 0. The Balaban J connectivity index is 0.00000312. The average molecular weight is 388 g/mol. The third-order valence-electron chi connectivity index (χ3n) is 4.53. The molecule has 1 aliphatic heterocycles. The van der Waals surface area contributed by atoms with Crippen LogP contribution in [-0.2, 0) is 4.79 Å². The fourth-order valence-electron chi connectivity index (χ4n) is 3.14. The van der Waals surface area contributed by atoms with Crippen molar-refractivity contribution in [2.45, 2.75) is 33.1 Å². The maximum absolute atomic E-state index is 12.4. The number of halogens is 2. The molecule has 1 aromatic rings. The molecule has 1 unspecified atom stereocenters. The second-order valence-electron chi connectivity index (χ2n) is 6.37. The summed E-state index contributed by atoms with van der Waals surface area (Å²) in [4.78, 5) is 24.5. The van der Waals surface area contributed by atoms with Crippen molar-refractivity contribution >= 4 is 41.5 Å². The van der Waals surface area contributed by atoms with Gasteiger partial charge in [-0.2, -0.15) is 0 Å². The van der Waals surface area contributed by atoms with E-state index in [1.807, 2.05) is 6.92 Å². The van der Waals surface area contributed by atoms with Gasteiger partial charge in [0.05, 0.1) is 11.3 Å². The normalized spacial score (nSPS) is 15.8. The van der Waals surface area contributed by atoms with Gasteiger partial charge in [0.15, 0.2) is 0 Å². The van der Waals surface area contributed by atoms with E-state index in [1.54, 1.807) is 18.2 Å². The van der Waals surface area contributed by atoms with Gasteiger partial charge < -0.3 is 16.0 Å². The van der Waals surface area contributed by atoms with Crippen LogP contribution < -0.4 is 16.0 Å². The Hall–Kier alpha value is -1.30. The average Bonchev–Trinajstić information content (AvgIpc) is 2.57. The molecule has 0 bridgehead atoms. The lowest BCUT2D eigenvalue weighted by Crippen LogP contribution is -2.32. The molecule has 1 fully saturated rings. The van der Waals surface area contributed by atoms with Gasteiger partial charge in [-0.1, -0.05) is 18.5 Å². The largest absolute Gasteiger partial charge is 0.352 e. The molecule has 2 rings (SSSR count). The van der Waals surface area contributed by atoms with Gasteiger partial charge in [0, 0.05) is 18.0 Å². The van der Waals surface area contributed by atoms with Crippen LogP contribution in [-0.4, -0.2) is 31.4 Å². The zero-order valence-corrected chi connectivity index (χ0v) is 16.3. The Morgan fingerprint density at radius 1 is 1.32 bits per heavy atom. The fourth-order valence-corrected chi connectivity index (χ4v) is 3.31. The summed E-state index contributed by atoms with van der Waals surface area (Å²) in [5, 5.41) is 9.42. The number of benzene rings is 1. The smallest absolute Gasteiger partial charge is 0.253 e. The van der Waals surface area contributed by atoms with Gasteiger partial charge in [0.1, 0.15) is 0 Å². The van der Waals surface area contributed by atoms with Crippen molar-refractivity contribution in [3.8, 4) is 0 Å². The molecule has 5 nitrogen and oxygen atoms in total. The van der Waals surface area contributed by atoms with Crippen LogP contribution in [0.15, 0.2) is 18.2 Å². The predicted molar refractivity (Wildman–Crippen MR) is 105 cm³/mol. The monoisotopic (exact) mass is 387 g/mol. The molecule has 1 aliphatic rings. The number of carbonyl (C=O) groups excluding carboxylic acids is 2. The molecule has 1 atom stereocenters. The van der Waals surface area contributed by atoms with E-state index in [0.29, 0.717) is 41.1 Å². The van der Waals surface area contributed by atoms with Gasteiger partial charge in [0.25, 0.3) is 5.91 Å². The van der Waals surface area contributed by atoms with Crippen LogP contribution in [0, 0.1) is 11.8 Å². The number of anilines is 1. The van der Waals surface area contributed by atoms with E-state index in [4.69, 9.17) is 11.6 Å². The van der Waals surface area contributed by atoms with Crippen molar-refractivity contribution < 1.29 is 9.59 Å². The minimum atomic E-state index is -0.235. The summed E-state index contributed by atoms with van der Waals surface area (Å²) < 4.78 is 0. The topological polar surface area (TPSA) is 70.2 Å². The van der Waals surface area contributed by atoms with Gasteiger partial charge in [-0.05, 0) is 62.9 Å². The molecule has 3 N–H and O–H groups in total. The van der Waals surface area contributed by atoms with E-state index in [9.17, 15) is 9.59 Å². The molecule has 25 heavy (non-hydrogen) atoms. The van der Waals surface area contributed by atoms with Gasteiger partial charge in [0.2, 0.25) is 5.91 Å². The number of hydrogen-bond acceptors (Lipinski definition) is 3. The molecule has 140 valence electrons. The second kappa shape index (κ2) is 10.6. The number of hydrogen-bond donors (Lipinski definition) is 3. The maximum Gasteiger partial charge on any atom is 0.253 e. The number of carbonyl (C=O) groups is 2. The van der Waals surface area contributed by atoms with E-state index in [1.165, 1.54) is 0 Å². The number of rotatable bonds is 6. The highest BCUT2D eigenvalue weighted by Gasteiger charge is 2.22. The standard InChI is InChI=1S/C18H26ClN3O2.ClH/c1-3-21-18(24)15-11-14(19)4-5-16(15)22-17(23)10-12(2)13-6-8-20-9-7-13;/h4-5,11-13,20H,3,6-10H2,1-2H3,(H,21,24)(H,22,23);1H. The van der Waals surface area contributed by atoms with E-state index in [2.05, 4.69) is 22.9 Å². The van der Waals surface area contributed by atoms with Gasteiger partial charge in [-0.3, -0.25) is 9.59 Å². The van der Waals surface area contributed by atoms with Crippen LogP contribution in [0.2, 0.25) is 5.02 Å². The Kier molecular flexibility index (Phi) is 9.25. The molecular formula is C18H27Cl2N3O2. The summed E-state index contributed by atoms with van der Waals surface area (Å²) >= 11 is 5.98. The molecule has 0 aromatic heterocycles. The molecule has 1 heterocycles. The summed E-state index contributed by atoms with van der Waals surface area (Å²) in [6.07, 6.45) is 2.68. The lowest BCUT2D eigenvalue weighted by Gasteiger charge is -2.28. The third-order valence-corrected chi connectivity index (χ3v) is 4.77. The van der Waals surface area contributed by atoms with Crippen LogP contribution in [0.4, 0.5) is 5.69 Å². The van der Waals surface area contributed by atoms with Crippen molar-refractivity contribution in [2.75, 3.05) is 25.0 Å². The Morgan fingerprint density at radius 3 is 2.64 bits per heavy atom. The summed E-state index contributed by atoms with van der Waals surface area (Å²) in [7, 11) is 0. The molecular weight excluding hydrogens is 361 g/mol. The van der Waals surface area contributed by atoms with E-state index in [-0.39, 0.29) is 24.2 Å². The van der Waals surface area contributed by atoms with E-state index < -0.39 is 0 Å².